The highest BCUT2D eigenvalue weighted by Crippen LogP contribution is 2.25. The van der Waals surface area contributed by atoms with Crippen molar-refractivity contribution in [2.75, 3.05) is 13.1 Å². The van der Waals surface area contributed by atoms with Gasteiger partial charge in [-0.2, -0.15) is 5.10 Å². The Hall–Kier alpha value is -2.13. The normalized spacial score (nSPS) is 16.1. The summed E-state index contributed by atoms with van der Waals surface area (Å²) < 4.78 is 0. The SMILES string of the molecule is NCC(c1ccccc1)N1CCC(c2ccccc2)=N1. The van der Waals surface area contributed by atoms with Gasteiger partial charge in [0.1, 0.15) is 0 Å². The van der Waals surface area contributed by atoms with Crippen molar-refractivity contribution in [3.05, 3.63) is 71.8 Å². The number of hydrogen-bond acceptors (Lipinski definition) is 3. The fourth-order valence-electron chi connectivity index (χ4n) is 2.64. The van der Waals surface area contributed by atoms with Gasteiger partial charge in [0.05, 0.1) is 11.8 Å². The third-order valence-corrected chi connectivity index (χ3v) is 3.70. The lowest BCUT2D eigenvalue weighted by Gasteiger charge is -2.25. The van der Waals surface area contributed by atoms with E-state index in [1.54, 1.807) is 0 Å². The van der Waals surface area contributed by atoms with Crippen molar-refractivity contribution < 1.29 is 0 Å². The number of hydrazone groups is 1. The Bertz CT molecular complexity index is 578. The quantitative estimate of drug-likeness (QED) is 0.923. The van der Waals surface area contributed by atoms with E-state index in [0.717, 1.165) is 18.7 Å². The van der Waals surface area contributed by atoms with Gasteiger partial charge in [-0.25, -0.2) is 0 Å². The molecule has 3 heteroatoms. The van der Waals surface area contributed by atoms with Crippen molar-refractivity contribution in [3.8, 4) is 0 Å². The molecule has 0 amide bonds. The minimum absolute atomic E-state index is 0.164. The molecule has 0 saturated carbocycles. The molecule has 2 aromatic rings. The monoisotopic (exact) mass is 265 g/mol. The highest BCUT2D eigenvalue weighted by atomic mass is 15.5. The Labute approximate surface area is 119 Å². The second-order valence-corrected chi connectivity index (χ2v) is 4.99. The topological polar surface area (TPSA) is 41.6 Å². The largest absolute Gasteiger partial charge is 0.328 e. The summed E-state index contributed by atoms with van der Waals surface area (Å²) in [4.78, 5) is 0. The summed E-state index contributed by atoms with van der Waals surface area (Å²) in [5.41, 5.74) is 9.55. The van der Waals surface area contributed by atoms with Crippen LogP contribution in [0, 0.1) is 0 Å². The van der Waals surface area contributed by atoms with Gasteiger partial charge in [-0.15, -0.1) is 0 Å². The summed E-state index contributed by atoms with van der Waals surface area (Å²) in [6.07, 6.45) is 0.980. The van der Waals surface area contributed by atoms with Crippen LogP contribution in [-0.4, -0.2) is 23.8 Å². The van der Waals surface area contributed by atoms with Gasteiger partial charge in [0.2, 0.25) is 0 Å². The van der Waals surface area contributed by atoms with Crippen LogP contribution in [0.25, 0.3) is 0 Å². The zero-order valence-corrected chi connectivity index (χ0v) is 11.4. The summed E-state index contributed by atoms with van der Waals surface area (Å²) >= 11 is 0. The fourth-order valence-corrected chi connectivity index (χ4v) is 2.64. The van der Waals surface area contributed by atoms with Crippen LogP contribution in [0.5, 0.6) is 0 Å². The number of nitrogens with two attached hydrogens (primary N) is 1. The molecular weight excluding hydrogens is 246 g/mol. The summed E-state index contributed by atoms with van der Waals surface area (Å²) in [6, 6.07) is 20.9. The molecule has 1 aliphatic heterocycles. The number of rotatable bonds is 4. The minimum Gasteiger partial charge on any atom is -0.328 e. The van der Waals surface area contributed by atoms with E-state index in [1.165, 1.54) is 11.1 Å². The van der Waals surface area contributed by atoms with E-state index < -0.39 is 0 Å². The zero-order valence-electron chi connectivity index (χ0n) is 11.4. The molecule has 0 aromatic heterocycles. The fraction of sp³-hybridized carbons (Fsp3) is 0.235. The van der Waals surface area contributed by atoms with Crippen LogP contribution in [0.1, 0.15) is 23.6 Å². The van der Waals surface area contributed by atoms with Crippen LogP contribution in [0.2, 0.25) is 0 Å². The lowest BCUT2D eigenvalue weighted by molar-refractivity contribution is 0.234. The molecule has 102 valence electrons. The van der Waals surface area contributed by atoms with E-state index in [9.17, 15) is 0 Å². The van der Waals surface area contributed by atoms with E-state index in [4.69, 9.17) is 10.8 Å². The van der Waals surface area contributed by atoms with E-state index in [2.05, 4.69) is 53.5 Å². The highest BCUT2D eigenvalue weighted by molar-refractivity contribution is 6.01. The first-order valence-electron chi connectivity index (χ1n) is 7.03. The Balaban J connectivity index is 1.83. The smallest absolute Gasteiger partial charge is 0.0842 e. The van der Waals surface area contributed by atoms with Crippen LogP contribution >= 0.6 is 0 Å². The molecule has 2 aromatic carbocycles. The highest BCUT2D eigenvalue weighted by Gasteiger charge is 2.23. The molecule has 0 aliphatic carbocycles. The van der Waals surface area contributed by atoms with Crippen LogP contribution in [0.3, 0.4) is 0 Å². The van der Waals surface area contributed by atoms with Crippen molar-refractivity contribution in [2.45, 2.75) is 12.5 Å². The van der Waals surface area contributed by atoms with Crippen molar-refractivity contribution in [1.29, 1.82) is 0 Å². The lowest BCUT2D eigenvalue weighted by atomic mass is 10.1. The van der Waals surface area contributed by atoms with Gasteiger partial charge in [-0.05, 0) is 11.1 Å². The third-order valence-electron chi connectivity index (χ3n) is 3.70. The maximum absolute atomic E-state index is 5.96. The van der Waals surface area contributed by atoms with Gasteiger partial charge in [0.15, 0.2) is 0 Å². The average Bonchev–Trinajstić information content (AvgIpc) is 3.00. The summed E-state index contributed by atoms with van der Waals surface area (Å²) in [6.45, 7) is 1.51. The minimum atomic E-state index is 0.164. The van der Waals surface area contributed by atoms with E-state index >= 15 is 0 Å². The molecule has 3 rings (SSSR count). The second kappa shape index (κ2) is 5.88. The first-order valence-corrected chi connectivity index (χ1v) is 7.03. The van der Waals surface area contributed by atoms with Gasteiger partial charge >= 0.3 is 0 Å². The maximum Gasteiger partial charge on any atom is 0.0842 e. The maximum atomic E-state index is 5.96. The molecule has 1 aliphatic rings. The summed E-state index contributed by atoms with van der Waals surface area (Å²) in [5, 5.41) is 6.90. The third kappa shape index (κ3) is 2.58. The number of benzene rings is 2. The predicted molar refractivity (Wildman–Crippen MR) is 82.5 cm³/mol. The molecular formula is C17H19N3. The van der Waals surface area contributed by atoms with Crippen LogP contribution in [0.4, 0.5) is 0 Å². The molecule has 20 heavy (non-hydrogen) atoms. The molecule has 0 bridgehead atoms. The predicted octanol–water partition coefficient (Wildman–Crippen LogP) is 2.80. The van der Waals surface area contributed by atoms with E-state index in [0.29, 0.717) is 6.54 Å². The summed E-state index contributed by atoms with van der Waals surface area (Å²) in [5.74, 6) is 0. The Morgan fingerprint density at radius 3 is 2.30 bits per heavy atom. The van der Waals surface area contributed by atoms with Gasteiger partial charge in [0, 0.05) is 19.5 Å². The molecule has 0 fully saturated rings. The van der Waals surface area contributed by atoms with Crippen molar-refractivity contribution >= 4 is 5.71 Å². The first-order chi connectivity index (χ1) is 9.88. The molecule has 1 atom stereocenters. The van der Waals surface area contributed by atoms with Crippen LogP contribution in [-0.2, 0) is 0 Å². The number of hydrogen-bond donors (Lipinski definition) is 1. The second-order valence-electron chi connectivity index (χ2n) is 4.99. The molecule has 1 heterocycles. The average molecular weight is 265 g/mol. The Morgan fingerprint density at radius 1 is 1.00 bits per heavy atom. The first kappa shape index (κ1) is 12.9. The van der Waals surface area contributed by atoms with Gasteiger partial charge < -0.3 is 5.73 Å². The standard InChI is InChI=1S/C17H19N3/c18-13-17(15-9-5-2-6-10-15)20-12-11-16(19-20)14-7-3-1-4-8-14/h1-10,17H,11-13,18H2. The van der Waals surface area contributed by atoms with Crippen LogP contribution in [0.15, 0.2) is 65.8 Å². The molecule has 0 saturated heterocycles. The summed E-state index contributed by atoms with van der Waals surface area (Å²) in [7, 11) is 0. The molecule has 0 spiro atoms. The Morgan fingerprint density at radius 2 is 1.65 bits per heavy atom. The van der Waals surface area contributed by atoms with Gasteiger partial charge in [0.25, 0.3) is 0 Å². The van der Waals surface area contributed by atoms with Crippen molar-refractivity contribution in [3.63, 3.8) is 0 Å². The zero-order chi connectivity index (χ0) is 13.8. The van der Waals surface area contributed by atoms with Crippen molar-refractivity contribution in [1.82, 2.24) is 5.01 Å². The van der Waals surface area contributed by atoms with E-state index in [1.807, 2.05) is 12.1 Å². The van der Waals surface area contributed by atoms with Gasteiger partial charge in [-0.3, -0.25) is 5.01 Å². The van der Waals surface area contributed by atoms with E-state index in [-0.39, 0.29) is 6.04 Å². The number of nitrogens with zero attached hydrogens (tertiary/aromatic N) is 2. The van der Waals surface area contributed by atoms with Crippen molar-refractivity contribution in [2.24, 2.45) is 10.8 Å². The molecule has 2 N–H and O–H groups in total. The van der Waals surface area contributed by atoms with Gasteiger partial charge in [-0.1, -0.05) is 60.7 Å². The molecule has 0 radical (unpaired) electrons. The molecule has 3 nitrogen and oxygen atoms in total. The lowest BCUT2D eigenvalue weighted by Crippen LogP contribution is -2.28. The Kier molecular flexibility index (Phi) is 3.79. The molecule has 1 unspecified atom stereocenters. The van der Waals surface area contributed by atoms with Crippen LogP contribution < -0.4 is 5.73 Å².